The Bertz CT molecular complexity index is 605. The molecule has 7 heteroatoms. The second kappa shape index (κ2) is 11.6. The van der Waals surface area contributed by atoms with Gasteiger partial charge in [0.25, 0.3) is 5.91 Å². The van der Waals surface area contributed by atoms with Crippen LogP contribution in [0.2, 0.25) is 0 Å². The van der Waals surface area contributed by atoms with Crippen LogP contribution in [0.25, 0.3) is 0 Å². The molecule has 164 valence electrons. The van der Waals surface area contributed by atoms with Gasteiger partial charge in [-0.15, -0.1) is 0 Å². The smallest absolute Gasteiger partial charge is 0.254 e. The lowest BCUT2D eigenvalue weighted by Gasteiger charge is -2.36. The summed E-state index contributed by atoms with van der Waals surface area (Å²) in [5.41, 5.74) is 0.389. The fraction of sp³-hybridized carbons (Fsp3) is 0.682. The summed E-state index contributed by atoms with van der Waals surface area (Å²) in [4.78, 5) is 16.9. The largest absolute Gasteiger partial charge is 0.389 e. The van der Waals surface area contributed by atoms with Crippen LogP contribution >= 0.6 is 0 Å². The van der Waals surface area contributed by atoms with Crippen molar-refractivity contribution in [3.05, 3.63) is 35.9 Å². The first-order valence-electron chi connectivity index (χ1n) is 10.3. The number of nitrogens with zero attached hydrogens (tertiary/aromatic N) is 2. The van der Waals surface area contributed by atoms with Crippen LogP contribution in [0, 0.1) is 0 Å². The number of carbonyl (C=O) groups excluding carboxylic acids is 1. The molecule has 0 aliphatic carbocycles. The Hall–Kier alpha value is -1.51. The van der Waals surface area contributed by atoms with E-state index in [9.17, 15) is 9.90 Å². The number of benzene rings is 1. The van der Waals surface area contributed by atoms with Gasteiger partial charge in [-0.05, 0) is 32.9 Å². The minimum atomic E-state index is -0.552. The number of β-amino-alcohol motifs (C(OH)–C–C–N with tert-alkyl or cyclic N) is 1. The number of aliphatic hydroxyl groups excluding tert-OH is 1. The topological polar surface area (TPSA) is 71.5 Å². The lowest BCUT2D eigenvalue weighted by atomic mass is 10.1. The highest BCUT2D eigenvalue weighted by Crippen LogP contribution is 2.12. The van der Waals surface area contributed by atoms with Gasteiger partial charge < -0.3 is 24.2 Å². The Labute approximate surface area is 174 Å². The number of rotatable bonds is 10. The minimum absolute atomic E-state index is 0.0259. The van der Waals surface area contributed by atoms with Crippen molar-refractivity contribution in [2.75, 3.05) is 59.7 Å². The molecule has 1 aromatic rings. The molecule has 1 fully saturated rings. The number of methoxy groups -OCH3 is 1. The SMILES string of the molecule is COCCN(C[C@@H]1CN(C[C@H](O)COC(C)(C)C)CCO1)C(=O)c1ccccc1. The molecule has 1 aliphatic heterocycles. The Morgan fingerprint density at radius 3 is 2.72 bits per heavy atom. The summed E-state index contributed by atoms with van der Waals surface area (Å²) >= 11 is 0. The number of hydrogen-bond donors (Lipinski definition) is 1. The van der Waals surface area contributed by atoms with Crippen molar-refractivity contribution >= 4 is 5.91 Å². The van der Waals surface area contributed by atoms with Crippen LogP contribution in [0.4, 0.5) is 0 Å². The zero-order chi connectivity index (χ0) is 21.3. The molecule has 0 saturated carbocycles. The summed E-state index contributed by atoms with van der Waals surface area (Å²) in [6.07, 6.45) is -0.660. The maximum Gasteiger partial charge on any atom is 0.254 e. The van der Waals surface area contributed by atoms with E-state index >= 15 is 0 Å². The summed E-state index contributed by atoms with van der Waals surface area (Å²) in [6.45, 7) is 10.2. The number of carbonyl (C=O) groups is 1. The van der Waals surface area contributed by atoms with Crippen molar-refractivity contribution in [3.8, 4) is 0 Å². The number of amides is 1. The molecule has 1 heterocycles. The molecule has 0 unspecified atom stereocenters. The minimum Gasteiger partial charge on any atom is -0.389 e. The van der Waals surface area contributed by atoms with E-state index in [1.165, 1.54) is 0 Å². The summed E-state index contributed by atoms with van der Waals surface area (Å²) in [5.74, 6) is -0.0259. The fourth-order valence-corrected chi connectivity index (χ4v) is 3.24. The van der Waals surface area contributed by atoms with Gasteiger partial charge >= 0.3 is 0 Å². The summed E-state index contributed by atoms with van der Waals surface area (Å²) in [5, 5.41) is 10.3. The van der Waals surface area contributed by atoms with E-state index in [4.69, 9.17) is 14.2 Å². The third-order valence-electron chi connectivity index (χ3n) is 4.70. The molecule has 7 nitrogen and oxygen atoms in total. The van der Waals surface area contributed by atoms with E-state index in [1.807, 2.05) is 51.1 Å². The summed E-state index contributed by atoms with van der Waals surface area (Å²) < 4.78 is 16.8. The van der Waals surface area contributed by atoms with Crippen LogP contribution in [-0.2, 0) is 14.2 Å². The standard InChI is InChI=1S/C22H36N2O5/c1-22(2,3)29-17-19(25)14-23-10-13-28-20(15-23)16-24(11-12-27-4)21(26)18-8-6-5-7-9-18/h5-9,19-20,25H,10-17H2,1-4H3/t19-,20-/m0/s1. The quantitative estimate of drug-likeness (QED) is 0.635. The lowest BCUT2D eigenvalue weighted by Crippen LogP contribution is -2.51. The molecule has 1 amide bonds. The van der Waals surface area contributed by atoms with Crippen molar-refractivity contribution < 1.29 is 24.1 Å². The Balaban J connectivity index is 1.90. The van der Waals surface area contributed by atoms with Crippen LogP contribution in [0.15, 0.2) is 30.3 Å². The van der Waals surface area contributed by atoms with Crippen molar-refractivity contribution in [2.45, 2.75) is 38.6 Å². The van der Waals surface area contributed by atoms with Gasteiger partial charge in [0.1, 0.15) is 0 Å². The van der Waals surface area contributed by atoms with E-state index in [0.717, 1.165) is 6.54 Å². The van der Waals surface area contributed by atoms with Gasteiger partial charge in [-0.2, -0.15) is 0 Å². The molecule has 2 rings (SSSR count). The second-order valence-corrected chi connectivity index (χ2v) is 8.44. The molecular formula is C22H36N2O5. The van der Waals surface area contributed by atoms with Crippen molar-refractivity contribution in [1.29, 1.82) is 0 Å². The molecule has 0 bridgehead atoms. The summed E-state index contributed by atoms with van der Waals surface area (Å²) in [6, 6.07) is 9.26. The van der Waals surface area contributed by atoms with Gasteiger partial charge in [-0.25, -0.2) is 0 Å². The second-order valence-electron chi connectivity index (χ2n) is 8.44. The van der Waals surface area contributed by atoms with E-state index in [1.54, 1.807) is 12.0 Å². The van der Waals surface area contributed by atoms with Crippen LogP contribution in [0.1, 0.15) is 31.1 Å². The van der Waals surface area contributed by atoms with Gasteiger partial charge in [0.15, 0.2) is 0 Å². The lowest BCUT2D eigenvalue weighted by molar-refractivity contribution is -0.0784. The Kier molecular flexibility index (Phi) is 9.52. The highest BCUT2D eigenvalue weighted by atomic mass is 16.5. The molecule has 0 spiro atoms. The van der Waals surface area contributed by atoms with Gasteiger partial charge in [0, 0.05) is 45.4 Å². The number of morpholine rings is 1. The molecule has 1 saturated heterocycles. The predicted octanol–water partition coefficient (Wildman–Crippen LogP) is 1.65. The Morgan fingerprint density at radius 1 is 1.34 bits per heavy atom. The third-order valence-corrected chi connectivity index (χ3v) is 4.70. The van der Waals surface area contributed by atoms with Gasteiger partial charge in [-0.1, -0.05) is 18.2 Å². The van der Waals surface area contributed by atoms with Crippen LogP contribution in [0.5, 0.6) is 0 Å². The number of ether oxygens (including phenoxy) is 3. The molecular weight excluding hydrogens is 372 g/mol. The van der Waals surface area contributed by atoms with Crippen LogP contribution < -0.4 is 0 Å². The van der Waals surface area contributed by atoms with Crippen molar-refractivity contribution in [1.82, 2.24) is 9.80 Å². The highest BCUT2D eigenvalue weighted by molar-refractivity contribution is 5.94. The maximum absolute atomic E-state index is 12.9. The third kappa shape index (κ3) is 8.80. The van der Waals surface area contributed by atoms with Gasteiger partial charge in [-0.3, -0.25) is 9.69 Å². The molecule has 1 aliphatic rings. The average Bonchev–Trinajstić information content (AvgIpc) is 2.69. The molecule has 2 atom stereocenters. The first-order valence-corrected chi connectivity index (χ1v) is 10.3. The number of aliphatic hydroxyl groups is 1. The molecule has 1 N–H and O–H groups in total. The highest BCUT2D eigenvalue weighted by Gasteiger charge is 2.27. The zero-order valence-electron chi connectivity index (χ0n) is 18.2. The predicted molar refractivity (Wildman–Crippen MR) is 112 cm³/mol. The van der Waals surface area contributed by atoms with Crippen LogP contribution in [0.3, 0.4) is 0 Å². The van der Waals surface area contributed by atoms with E-state index in [0.29, 0.717) is 51.6 Å². The van der Waals surface area contributed by atoms with E-state index in [-0.39, 0.29) is 17.6 Å². The fourth-order valence-electron chi connectivity index (χ4n) is 3.24. The first-order chi connectivity index (χ1) is 13.8. The zero-order valence-corrected chi connectivity index (χ0v) is 18.2. The molecule has 29 heavy (non-hydrogen) atoms. The summed E-state index contributed by atoms with van der Waals surface area (Å²) in [7, 11) is 1.63. The van der Waals surface area contributed by atoms with Gasteiger partial charge in [0.05, 0.1) is 37.6 Å². The first kappa shape index (κ1) is 23.8. The molecule has 1 aromatic carbocycles. The molecule has 0 radical (unpaired) electrons. The van der Waals surface area contributed by atoms with Crippen molar-refractivity contribution in [3.63, 3.8) is 0 Å². The number of hydrogen-bond acceptors (Lipinski definition) is 6. The van der Waals surface area contributed by atoms with Crippen molar-refractivity contribution in [2.24, 2.45) is 0 Å². The average molecular weight is 409 g/mol. The van der Waals surface area contributed by atoms with E-state index < -0.39 is 6.10 Å². The Morgan fingerprint density at radius 2 is 2.07 bits per heavy atom. The molecule has 0 aromatic heterocycles. The maximum atomic E-state index is 12.9. The normalized spacial score (nSPS) is 19.1. The van der Waals surface area contributed by atoms with E-state index in [2.05, 4.69) is 4.90 Å². The van der Waals surface area contributed by atoms with Gasteiger partial charge in [0.2, 0.25) is 0 Å². The van der Waals surface area contributed by atoms with Crippen LogP contribution in [-0.4, -0.2) is 98.3 Å². The monoisotopic (exact) mass is 408 g/mol.